The fourth-order valence-corrected chi connectivity index (χ4v) is 4.32. The number of ether oxygens (including phenoxy) is 2. The number of hydrogen-bond donors (Lipinski definition) is 0. The summed E-state index contributed by atoms with van der Waals surface area (Å²) >= 11 is 7.52. The molecule has 0 amide bonds. The molecule has 2 heterocycles. The van der Waals surface area contributed by atoms with Gasteiger partial charge < -0.3 is 18.6 Å². The highest BCUT2D eigenvalue weighted by molar-refractivity contribution is 7.94. The first kappa shape index (κ1) is 31.3. The second kappa shape index (κ2) is 14.9. The lowest BCUT2D eigenvalue weighted by atomic mass is 9.94. The molecule has 0 unspecified atom stereocenters. The van der Waals surface area contributed by atoms with Crippen molar-refractivity contribution < 1.29 is 13.7 Å². The summed E-state index contributed by atoms with van der Waals surface area (Å²) in [7, 11) is 2.16. The summed E-state index contributed by atoms with van der Waals surface area (Å²) in [4.78, 5) is 13.7. The maximum atomic E-state index is 6.25. The van der Waals surface area contributed by atoms with E-state index in [0.29, 0.717) is 30.1 Å². The molecule has 39 heavy (non-hydrogen) atoms. The first-order valence-corrected chi connectivity index (χ1v) is 15.1. The maximum absolute atomic E-state index is 6.25. The van der Waals surface area contributed by atoms with Gasteiger partial charge in [0.1, 0.15) is 12.4 Å². The maximum Gasteiger partial charge on any atom is 0.223 e. The van der Waals surface area contributed by atoms with Gasteiger partial charge in [-0.05, 0) is 67.4 Å². The summed E-state index contributed by atoms with van der Waals surface area (Å²) in [6, 6.07) is 11.6. The first-order valence-electron chi connectivity index (χ1n) is 13.6. The zero-order chi connectivity index (χ0) is 28.4. The molecule has 4 rings (SSSR count). The highest BCUT2D eigenvalue weighted by Gasteiger charge is 2.16. The Bertz CT molecular complexity index is 1200. The van der Waals surface area contributed by atoms with E-state index in [1.54, 1.807) is 0 Å². The number of aromatic nitrogens is 2. The van der Waals surface area contributed by atoms with Gasteiger partial charge in [-0.15, -0.1) is 0 Å². The Morgan fingerprint density at radius 2 is 1.67 bits per heavy atom. The van der Waals surface area contributed by atoms with Crippen LogP contribution in [-0.2, 0) is 0 Å². The van der Waals surface area contributed by atoms with E-state index in [2.05, 4.69) is 54.5 Å². The van der Waals surface area contributed by atoms with Crippen molar-refractivity contribution in [2.24, 2.45) is 5.41 Å². The minimum atomic E-state index is 0.197. The highest BCUT2D eigenvalue weighted by atomic mass is 35.5. The summed E-state index contributed by atoms with van der Waals surface area (Å²) in [5, 5.41) is 1.07. The van der Waals surface area contributed by atoms with Crippen molar-refractivity contribution >= 4 is 34.5 Å². The van der Waals surface area contributed by atoms with E-state index >= 15 is 0 Å². The number of nitrogens with zero attached hydrogens (tertiary/aromatic N) is 4. The molecule has 9 heteroatoms. The van der Waals surface area contributed by atoms with E-state index in [4.69, 9.17) is 25.3 Å². The number of hydrogen-bond acceptors (Lipinski definition) is 8. The number of halogens is 1. The second-order valence-electron chi connectivity index (χ2n) is 10.8. The van der Waals surface area contributed by atoms with Crippen molar-refractivity contribution in [2.45, 2.75) is 41.0 Å². The fraction of sp³-hybridized carbons (Fsp3) is 0.533. The highest BCUT2D eigenvalue weighted by Crippen LogP contribution is 2.37. The third-order valence-electron chi connectivity index (χ3n) is 6.66. The normalized spacial score (nSPS) is 14.6. The zero-order valence-electron chi connectivity index (χ0n) is 24.4. The molecular formula is C30H43ClN4O3S. The topological polar surface area (TPSA) is 60.0 Å². The molecule has 214 valence electrons. The van der Waals surface area contributed by atoms with Gasteiger partial charge in [-0.1, -0.05) is 34.1 Å². The van der Waals surface area contributed by atoms with Crippen molar-refractivity contribution in [2.75, 3.05) is 59.2 Å². The second-order valence-corrected chi connectivity index (χ2v) is 11.6. The van der Waals surface area contributed by atoms with Gasteiger partial charge in [0.25, 0.3) is 0 Å². The molecular weight excluding hydrogens is 532 g/mol. The molecule has 7 nitrogen and oxygen atoms in total. The van der Waals surface area contributed by atoms with Gasteiger partial charge in [0.05, 0.1) is 29.9 Å². The molecule has 1 fully saturated rings. The average molecular weight is 575 g/mol. The number of fused-ring (bicyclic) bond motifs is 1. The number of likely N-dealkylation sites (N-methyl/N-ethyl adjacent to an activating group) is 1. The molecule has 1 saturated heterocycles. The van der Waals surface area contributed by atoms with Crippen LogP contribution in [0.3, 0.4) is 0 Å². The van der Waals surface area contributed by atoms with E-state index in [0.717, 1.165) is 60.6 Å². The molecule has 1 aliphatic rings. The van der Waals surface area contributed by atoms with Crippen LogP contribution in [0.5, 0.6) is 17.2 Å². The molecule has 0 radical (unpaired) electrons. The van der Waals surface area contributed by atoms with E-state index in [1.165, 1.54) is 18.5 Å². The molecule has 0 N–H and O–H groups in total. The van der Waals surface area contributed by atoms with Crippen molar-refractivity contribution in [1.82, 2.24) is 19.8 Å². The SMILES string of the molecule is CCC(C)(C)C.CCOc1ccc(-c2nc(Cl)nc3ccc(OCCN4CCN(C)CC4)cc23)cc1OSC. The molecule has 0 atom stereocenters. The summed E-state index contributed by atoms with van der Waals surface area (Å²) in [6.45, 7) is 17.3. The van der Waals surface area contributed by atoms with Crippen LogP contribution >= 0.6 is 23.6 Å². The molecule has 0 saturated carbocycles. The Morgan fingerprint density at radius 3 is 2.31 bits per heavy atom. The van der Waals surface area contributed by atoms with Crippen LogP contribution in [0.4, 0.5) is 0 Å². The summed E-state index contributed by atoms with van der Waals surface area (Å²) in [6.07, 6.45) is 3.14. The fourth-order valence-electron chi connectivity index (χ4n) is 3.84. The van der Waals surface area contributed by atoms with Crippen molar-refractivity contribution in [3.8, 4) is 28.5 Å². The van der Waals surface area contributed by atoms with Crippen molar-refractivity contribution in [3.05, 3.63) is 41.7 Å². The molecule has 1 aromatic heterocycles. The van der Waals surface area contributed by atoms with Gasteiger partial charge in [0.15, 0.2) is 11.5 Å². The van der Waals surface area contributed by atoms with Crippen LogP contribution in [0, 0.1) is 5.41 Å². The Morgan fingerprint density at radius 1 is 0.949 bits per heavy atom. The van der Waals surface area contributed by atoms with Crippen molar-refractivity contribution in [3.63, 3.8) is 0 Å². The van der Waals surface area contributed by atoms with E-state index in [-0.39, 0.29) is 5.28 Å². The zero-order valence-corrected chi connectivity index (χ0v) is 26.0. The summed E-state index contributed by atoms with van der Waals surface area (Å²) in [5.41, 5.74) is 2.90. The van der Waals surface area contributed by atoms with Gasteiger partial charge in [0, 0.05) is 49.9 Å². The Balaban J connectivity index is 0.000000631. The van der Waals surface area contributed by atoms with Crippen LogP contribution < -0.4 is 13.7 Å². The number of rotatable bonds is 9. The lowest BCUT2D eigenvalue weighted by molar-refractivity contribution is 0.134. The smallest absolute Gasteiger partial charge is 0.223 e. The molecule has 0 bridgehead atoms. The third kappa shape index (κ3) is 9.71. The lowest BCUT2D eigenvalue weighted by Gasteiger charge is -2.32. The van der Waals surface area contributed by atoms with Gasteiger partial charge in [-0.25, -0.2) is 9.97 Å². The van der Waals surface area contributed by atoms with E-state index in [1.807, 2.05) is 49.6 Å². The monoisotopic (exact) mass is 574 g/mol. The standard InChI is InChI=1S/C24H29ClN4O3S.C6H14/c1-4-30-21-8-5-17(15-22(21)32-33-3)23-19-16-18(6-7-20(19)26-24(25)27-23)31-14-13-29-11-9-28(2)10-12-29;1-5-6(2,3)4/h5-8,15-16H,4,9-14H2,1-3H3;5H2,1-4H3. The van der Waals surface area contributed by atoms with Gasteiger partial charge >= 0.3 is 0 Å². The van der Waals surface area contributed by atoms with Crippen LogP contribution in [0.25, 0.3) is 22.2 Å². The quantitative estimate of drug-likeness (QED) is 0.198. The predicted octanol–water partition coefficient (Wildman–Crippen LogP) is 7.07. The Kier molecular flexibility index (Phi) is 12.0. The molecule has 1 aliphatic heterocycles. The van der Waals surface area contributed by atoms with Crippen LogP contribution in [0.2, 0.25) is 5.28 Å². The number of benzene rings is 2. The van der Waals surface area contributed by atoms with E-state index < -0.39 is 0 Å². The average Bonchev–Trinajstić information content (AvgIpc) is 2.91. The van der Waals surface area contributed by atoms with Gasteiger partial charge in [-0.3, -0.25) is 4.90 Å². The first-order chi connectivity index (χ1) is 18.6. The predicted molar refractivity (Wildman–Crippen MR) is 164 cm³/mol. The molecule has 3 aromatic rings. The molecule has 0 spiro atoms. The summed E-state index contributed by atoms with van der Waals surface area (Å²) in [5.74, 6) is 2.12. The van der Waals surface area contributed by atoms with E-state index in [9.17, 15) is 0 Å². The van der Waals surface area contributed by atoms with Crippen LogP contribution in [0.15, 0.2) is 36.4 Å². The van der Waals surface area contributed by atoms with Gasteiger partial charge in [-0.2, -0.15) is 0 Å². The third-order valence-corrected chi connectivity index (χ3v) is 7.18. The largest absolute Gasteiger partial charge is 0.492 e. The van der Waals surface area contributed by atoms with Gasteiger partial charge in [0.2, 0.25) is 5.28 Å². The minimum absolute atomic E-state index is 0.197. The lowest BCUT2D eigenvalue weighted by Crippen LogP contribution is -2.45. The Hall–Kier alpha value is -2.26. The van der Waals surface area contributed by atoms with Crippen LogP contribution in [0.1, 0.15) is 41.0 Å². The van der Waals surface area contributed by atoms with Crippen LogP contribution in [-0.4, -0.2) is 79.0 Å². The number of piperazine rings is 1. The Labute approximate surface area is 243 Å². The molecule has 0 aliphatic carbocycles. The molecule has 2 aromatic carbocycles. The summed E-state index contributed by atoms with van der Waals surface area (Å²) < 4.78 is 17.5. The minimum Gasteiger partial charge on any atom is -0.492 e. The van der Waals surface area contributed by atoms with Crippen molar-refractivity contribution in [1.29, 1.82) is 0 Å².